The number of ether oxygens (including phenoxy) is 1. The van der Waals surface area contributed by atoms with E-state index in [0.29, 0.717) is 45.6 Å². The zero-order valence-electron chi connectivity index (χ0n) is 15.9. The Balaban J connectivity index is 1.40. The molecule has 6 nitrogen and oxygen atoms in total. The summed E-state index contributed by atoms with van der Waals surface area (Å²) in [5.41, 5.74) is 0.777. The molecule has 28 heavy (non-hydrogen) atoms. The van der Waals surface area contributed by atoms with E-state index in [1.807, 2.05) is 60.7 Å². The molecule has 150 valence electrons. The third-order valence-corrected chi connectivity index (χ3v) is 6.57. The maximum Gasteiger partial charge on any atom is 0.222 e. The second-order valence-electron chi connectivity index (χ2n) is 6.79. The van der Waals surface area contributed by atoms with Crippen LogP contribution in [0.2, 0.25) is 0 Å². The van der Waals surface area contributed by atoms with E-state index in [2.05, 4.69) is 0 Å². The Morgan fingerprint density at radius 1 is 0.893 bits per heavy atom. The molecule has 0 N–H and O–H groups in total. The number of hydrogen-bond acceptors (Lipinski definition) is 4. The van der Waals surface area contributed by atoms with Crippen molar-refractivity contribution in [2.45, 2.75) is 18.6 Å². The summed E-state index contributed by atoms with van der Waals surface area (Å²) >= 11 is 0. The highest BCUT2D eigenvalue weighted by molar-refractivity contribution is 7.88. The van der Waals surface area contributed by atoms with Gasteiger partial charge in [-0.25, -0.2) is 8.42 Å². The number of hydrogen-bond donors (Lipinski definition) is 0. The fourth-order valence-corrected chi connectivity index (χ4v) is 4.70. The molecule has 1 amide bonds. The van der Waals surface area contributed by atoms with Gasteiger partial charge in [0.25, 0.3) is 0 Å². The molecule has 3 rings (SSSR count). The minimum atomic E-state index is -3.36. The standard InChI is InChI=1S/C21H26N2O4S/c24-21(12-7-17-27-20-10-5-2-6-11-20)22-13-15-23(16-14-22)28(25,26)18-19-8-3-1-4-9-19/h1-6,8-11H,7,12-18H2. The van der Waals surface area contributed by atoms with Gasteiger partial charge in [-0.05, 0) is 24.1 Å². The summed E-state index contributed by atoms with van der Waals surface area (Å²) in [7, 11) is -3.36. The summed E-state index contributed by atoms with van der Waals surface area (Å²) in [5.74, 6) is 0.850. The van der Waals surface area contributed by atoms with Crippen LogP contribution in [0.1, 0.15) is 18.4 Å². The first-order valence-electron chi connectivity index (χ1n) is 9.52. The van der Waals surface area contributed by atoms with E-state index in [0.717, 1.165) is 11.3 Å². The molecular formula is C21H26N2O4S. The quantitative estimate of drug-likeness (QED) is 0.637. The van der Waals surface area contributed by atoms with E-state index in [4.69, 9.17) is 4.74 Å². The van der Waals surface area contributed by atoms with Gasteiger partial charge in [-0.15, -0.1) is 0 Å². The average molecular weight is 403 g/mol. The number of rotatable bonds is 8. The van der Waals surface area contributed by atoms with Gasteiger partial charge in [0.05, 0.1) is 12.4 Å². The first-order valence-corrected chi connectivity index (χ1v) is 11.1. The minimum absolute atomic E-state index is 0.00138. The van der Waals surface area contributed by atoms with Crippen LogP contribution in [-0.2, 0) is 20.6 Å². The second kappa shape index (κ2) is 9.71. The molecule has 7 heteroatoms. The summed E-state index contributed by atoms with van der Waals surface area (Å²) in [4.78, 5) is 14.1. The van der Waals surface area contributed by atoms with Gasteiger partial charge in [0.2, 0.25) is 15.9 Å². The summed E-state index contributed by atoms with van der Waals surface area (Å²) < 4.78 is 32.3. The molecule has 0 aromatic heterocycles. The largest absolute Gasteiger partial charge is 0.494 e. The van der Waals surface area contributed by atoms with Crippen LogP contribution in [0.15, 0.2) is 60.7 Å². The van der Waals surface area contributed by atoms with Crippen molar-refractivity contribution < 1.29 is 17.9 Å². The fourth-order valence-electron chi connectivity index (χ4n) is 3.18. The van der Waals surface area contributed by atoms with Gasteiger partial charge in [0.1, 0.15) is 5.75 Å². The Labute approximate surface area is 166 Å². The SMILES string of the molecule is O=C(CCCOc1ccccc1)N1CCN(S(=O)(=O)Cc2ccccc2)CC1. The normalized spacial score (nSPS) is 15.4. The number of amides is 1. The van der Waals surface area contributed by atoms with Crippen molar-refractivity contribution in [2.75, 3.05) is 32.8 Å². The molecule has 0 unspecified atom stereocenters. The third-order valence-electron chi connectivity index (χ3n) is 4.72. The van der Waals surface area contributed by atoms with Gasteiger partial charge < -0.3 is 9.64 Å². The van der Waals surface area contributed by atoms with E-state index in [1.54, 1.807) is 4.90 Å². The van der Waals surface area contributed by atoms with E-state index in [9.17, 15) is 13.2 Å². The molecule has 1 saturated heterocycles. The Morgan fingerprint density at radius 2 is 1.50 bits per heavy atom. The lowest BCUT2D eigenvalue weighted by molar-refractivity contribution is -0.132. The first kappa shape index (κ1) is 20.4. The van der Waals surface area contributed by atoms with Gasteiger partial charge in [-0.2, -0.15) is 4.31 Å². The summed E-state index contributed by atoms with van der Waals surface area (Å²) in [6, 6.07) is 18.7. The highest BCUT2D eigenvalue weighted by Crippen LogP contribution is 2.15. The van der Waals surface area contributed by atoms with E-state index < -0.39 is 10.0 Å². The van der Waals surface area contributed by atoms with Crippen molar-refractivity contribution in [2.24, 2.45) is 0 Å². The number of sulfonamides is 1. The van der Waals surface area contributed by atoms with Crippen LogP contribution in [0.4, 0.5) is 0 Å². The van der Waals surface area contributed by atoms with Crippen LogP contribution in [0.3, 0.4) is 0 Å². The maximum absolute atomic E-state index is 12.6. The van der Waals surface area contributed by atoms with Crippen molar-refractivity contribution in [1.82, 2.24) is 9.21 Å². The molecular weight excluding hydrogens is 376 g/mol. The summed E-state index contributed by atoms with van der Waals surface area (Å²) in [6.07, 6.45) is 1.05. The Kier molecular flexibility index (Phi) is 7.06. The molecule has 2 aromatic rings. The van der Waals surface area contributed by atoms with Crippen LogP contribution in [0, 0.1) is 0 Å². The van der Waals surface area contributed by atoms with Crippen molar-refractivity contribution in [1.29, 1.82) is 0 Å². The molecule has 0 bridgehead atoms. The van der Waals surface area contributed by atoms with Gasteiger partial charge in [0.15, 0.2) is 0 Å². The number of para-hydroxylation sites is 1. The van der Waals surface area contributed by atoms with Crippen LogP contribution < -0.4 is 4.74 Å². The second-order valence-corrected chi connectivity index (χ2v) is 8.76. The Morgan fingerprint density at radius 3 is 2.14 bits per heavy atom. The van der Waals surface area contributed by atoms with Crippen LogP contribution in [0.25, 0.3) is 0 Å². The van der Waals surface area contributed by atoms with Crippen molar-refractivity contribution in [3.8, 4) is 5.75 Å². The number of piperazine rings is 1. The zero-order valence-corrected chi connectivity index (χ0v) is 16.7. The number of carbonyl (C=O) groups excluding carboxylic acids is 1. The lowest BCUT2D eigenvalue weighted by Gasteiger charge is -2.34. The van der Waals surface area contributed by atoms with Crippen molar-refractivity contribution >= 4 is 15.9 Å². The van der Waals surface area contributed by atoms with Gasteiger partial charge in [-0.1, -0.05) is 48.5 Å². The zero-order chi connectivity index (χ0) is 19.8. The molecule has 1 aliphatic heterocycles. The maximum atomic E-state index is 12.6. The smallest absolute Gasteiger partial charge is 0.222 e. The molecule has 1 aliphatic rings. The van der Waals surface area contributed by atoms with Crippen molar-refractivity contribution in [3.05, 3.63) is 66.2 Å². The number of nitrogens with zero attached hydrogens (tertiary/aromatic N) is 2. The highest BCUT2D eigenvalue weighted by atomic mass is 32.2. The molecule has 0 saturated carbocycles. The van der Waals surface area contributed by atoms with E-state index >= 15 is 0 Å². The van der Waals surface area contributed by atoms with Gasteiger partial charge in [-0.3, -0.25) is 4.79 Å². The first-order chi connectivity index (χ1) is 13.5. The van der Waals surface area contributed by atoms with Crippen LogP contribution >= 0.6 is 0 Å². The van der Waals surface area contributed by atoms with E-state index in [1.165, 1.54) is 4.31 Å². The molecule has 0 radical (unpaired) electrons. The minimum Gasteiger partial charge on any atom is -0.494 e. The average Bonchev–Trinajstić information content (AvgIpc) is 2.72. The molecule has 0 aliphatic carbocycles. The predicted octanol–water partition coefficient (Wildman–Crippen LogP) is 2.52. The molecule has 1 heterocycles. The van der Waals surface area contributed by atoms with Crippen LogP contribution in [-0.4, -0.2) is 56.3 Å². The van der Waals surface area contributed by atoms with Crippen LogP contribution in [0.5, 0.6) is 5.75 Å². The topological polar surface area (TPSA) is 66.9 Å². The van der Waals surface area contributed by atoms with Crippen molar-refractivity contribution in [3.63, 3.8) is 0 Å². The Hall–Kier alpha value is -2.38. The van der Waals surface area contributed by atoms with Gasteiger partial charge in [0, 0.05) is 32.6 Å². The molecule has 0 spiro atoms. The highest BCUT2D eigenvalue weighted by Gasteiger charge is 2.28. The monoisotopic (exact) mass is 402 g/mol. The molecule has 1 fully saturated rings. The number of benzene rings is 2. The lowest BCUT2D eigenvalue weighted by atomic mass is 10.2. The Bertz CT molecular complexity index is 848. The molecule has 2 aromatic carbocycles. The summed E-state index contributed by atoms with van der Waals surface area (Å²) in [6.45, 7) is 2.06. The number of carbonyl (C=O) groups is 1. The lowest BCUT2D eigenvalue weighted by Crippen LogP contribution is -2.50. The third kappa shape index (κ3) is 5.81. The predicted molar refractivity (Wildman–Crippen MR) is 108 cm³/mol. The molecule has 0 atom stereocenters. The van der Waals surface area contributed by atoms with Gasteiger partial charge >= 0.3 is 0 Å². The van der Waals surface area contributed by atoms with E-state index in [-0.39, 0.29) is 11.7 Å². The summed E-state index contributed by atoms with van der Waals surface area (Å²) in [5, 5.41) is 0. The fraction of sp³-hybridized carbons (Fsp3) is 0.381.